The first-order valence-corrected chi connectivity index (χ1v) is 6.96. The zero-order chi connectivity index (χ0) is 14.2. The molecule has 0 bridgehead atoms. The Morgan fingerprint density at radius 2 is 2.16 bits per heavy atom. The summed E-state index contributed by atoms with van der Waals surface area (Å²) in [5.41, 5.74) is 6.76. The minimum absolute atomic E-state index is 0.00940. The minimum atomic E-state index is -0.422. The maximum Gasteiger partial charge on any atom is 0.295 e. The average Bonchev–Trinajstić information content (AvgIpc) is 2.75. The molecule has 0 saturated heterocycles. The van der Waals surface area contributed by atoms with E-state index in [1.807, 2.05) is 18.7 Å². The molecular formula is C11H13ClN4O2S. The number of nitrogen functional groups attached to an aromatic ring is 1. The van der Waals surface area contributed by atoms with Crippen molar-refractivity contribution in [2.75, 3.05) is 23.7 Å². The number of nitrogens with zero attached hydrogens (tertiary/aromatic N) is 3. The van der Waals surface area contributed by atoms with Crippen molar-refractivity contribution >= 4 is 49.7 Å². The van der Waals surface area contributed by atoms with Crippen LogP contribution in [0.2, 0.25) is 5.02 Å². The highest BCUT2D eigenvalue weighted by atomic mass is 35.5. The number of hydrogen-bond acceptors (Lipinski definition) is 6. The molecule has 1 aromatic carbocycles. The Morgan fingerprint density at radius 3 is 2.68 bits per heavy atom. The number of hydrogen-bond donors (Lipinski definition) is 1. The van der Waals surface area contributed by atoms with Crippen molar-refractivity contribution in [2.45, 2.75) is 13.8 Å². The van der Waals surface area contributed by atoms with E-state index < -0.39 is 4.92 Å². The van der Waals surface area contributed by atoms with Gasteiger partial charge in [0.15, 0.2) is 5.13 Å². The van der Waals surface area contributed by atoms with Crippen molar-refractivity contribution in [1.29, 1.82) is 0 Å². The quantitative estimate of drug-likeness (QED) is 0.691. The largest absolute Gasteiger partial charge is 0.375 e. The van der Waals surface area contributed by atoms with Crippen LogP contribution >= 0.6 is 22.9 Å². The Bertz CT molecular complexity index is 639. The van der Waals surface area contributed by atoms with E-state index in [-0.39, 0.29) is 10.7 Å². The van der Waals surface area contributed by atoms with E-state index in [1.54, 1.807) is 0 Å². The van der Waals surface area contributed by atoms with Crippen molar-refractivity contribution in [1.82, 2.24) is 4.98 Å². The maximum absolute atomic E-state index is 11.2. The SMILES string of the molecule is CCN(CC)c1c([N+](=O)[O-])cc(Cl)c2nc(N)sc12. The van der Waals surface area contributed by atoms with E-state index >= 15 is 0 Å². The van der Waals surface area contributed by atoms with Crippen LogP contribution in [0.25, 0.3) is 10.2 Å². The summed E-state index contributed by atoms with van der Waals surface area (Å²) < 4.78 is 0.667. The third kappa shape index (κ3) is 2.31. The lowest BCUT2D eigenvalue weighted by atomic mass is 10.2. The summed E-state index contributed by atoms with van der Waals surface area (Å²) in [6.45, 7) is 5.20. The van der Waals surface area contributed by atoms with Crippen molar-refractivity contribution < 1.29 is 4.92 Å². The molecule has 0 fully saturated rings. The molecule has 6 nitrogen and oxygen atoms in total. The molecule has 0 spiro atoms. The number of thiazole rings is 1. The fourth-order valence-electron chi connectivity index (χ4n) is 2.02. The fourth-order valence-corrected chi connectivity index (χ4v) is 3.24. The highest BCUT2D eigenvalue weighted by Crippen LogP contribution is 2.43. The number of halogens is 1. The van der Waals surface area contributed by atoms with E-state index in [1.165, 1.54) is 17.4 Å². The summed E-state index contributed by atoms with van der Waals surface area (Å²) >= 11 is 7.27. The van der Waals surface area contributed by atoms with Gasteiger partial charge >= 0.3 is 0 Å². The van der Waals surface area contributed by atoms with Gasteiger partial charge in [0.25, 0.3) is 5.69 Å². The Kier molecular flexibility index (Phi) is 3.77. The van der Waals surface area contributed by atoms with Gasteiger partial charge in [0.05, 0.1) is 14.6 Å². The monoisotopic (exact) mass is 300 g/mol. The maximum atomic E-state index is 11.2. The predicted octanol–water partition coefficient (Wildman–Crippen LogP) is 3.29. The second-order valence-corrected chi connectivity index (χ2v) is 5.32. The summed E-state index contributed by atoms with van der Waals surface area (Å²) in [5, 5.41) is 11.8. The van der Waals surface area contributed by atoms with E-state index in [4.69, 9.17) is 17.3 Å². The number of benzene rings is 1. The van der Waals surface area contributed by atoms with Crippen LogP contribution in [0.15, 0.2) is 6.07 Å². The Balaban J connectivity index is 2.85. The number of nitro benzene ring substituents is 1. The number of anilines is 2. The summed E-state index contributed by atoms with van der Waals surface area (Å²) in [6, 6.07) is 1.34. The standard InChI is InChI=1S/C11H13ClN4O2S/c1-3-15(4-2)9-7(16(17)18)5-6(12)8-10(9)19-11(13)14-8/h5H,3-4H2,1-2H3,(H2,13,14). The molecule has 2 rings (SSSR count). The molecule has 102 valence electrons. The van der Waals surface area contributed by atoms with Crippen LogP contribution in [0.4, 0.5) is 16.5 Å². The molecule has 0 aliphatic heterocycles. The summed E-state index contributed by atoms with van der Waals surface area (Å²) in [4.78, 5) is 16.9. The minimum Gasteiger partial charge on any atom is -0.375 e. The van der Waals surface area contributed by atoms with Crippen molar-refractivity contribution in [3.8, 4) is 0 Å². The van der Waals surface area contributed by atoms with Crippen molar-refractivity contribution in [3.63, 3.8) is 0 Å². The van der Waals surface area contributed by atoms with Gasteiger partial charge in [-0.15, -0.1) is 0 Å². The van der Waals surface area contributed by atoms with Gasteiger partial charge in [-0.2, -0.15) is 0 Å². The molecular weight excluding hydrogens is 288 g/mol. The van der Waals surface area contributed by atoms with Crippen molar-refractivity contribution in [2.24, 2.45) is 0 Å². The van der Waals surface area contributed by atoms with Gasteiger partial charge in [0.1, 0.15) is 11.2 Å². The molecule has 8 heteroatoms. The summed E-state index contributed by atoms with van der Waals surface area (Å²) in [5.74, 6) is 0. The highest BCUT2D eigenvalue weighted by molar-refractivity contribution is 7.22. The molecule has 19 heavy (non-hydrogen) atoms. The molecule has 0 radical (unpaired) electrons. The van der Waals surface area contributed by atoms with E-state index in [0.29, 0.717) is 34.1 Å². The van der Waals surface area contributed by atoms with E-state index in [9.17, 15) is 10.1 Å². The summed E-state index contributed by atoms with van der Waals surface area (Å²) in [6.07, 6.45) is 0. The van der Waals surface area contributed by atoms with Gasteiger partial charge in [0, 0.05) is 19.2 Å². The van der Waals surface area contributed by atoms with Gasteiger partial charge in [-0.1, -0.05) is 22.9 Å². The first-order valence-electron chi connectivity index (χ1n) is 5.77. The number of fused-ring (bicyclic) bond motifs is 1. The smallest absolute Gasteiger partial charge is 0.295 e. The zero-order valence-corrected chi connectivity index (χ0v) is 12.1. The lowest BCUT2D eigenvalue weighted by Gasteiger charge is -2.21. The topological polar surface area (TPSA) is 85.3 Å². The average molecular weight is 301 g/mol. The Morgan fingerprint density at radius 1 is 1.53 bits per heavy atom. The molecule has 2 N–H and O–H groups in total. The van der Waals surface area contributed by atoms with Crippen LogP contribution in [-0.2, 0) is 0 Å². The van der Waals surface area contributed by atoms with Gasteiger partial charge in [0.2, 0.25) is 0 Å². The van der Waals surface area contributed by atoms with Gasteiger partial charge in [-0.05, 0) is 13.8 Å². The van der Waals surface area contributed by atoms with E-state index in [2.05, 4.69) is 4.98 Å². The first kappa shape index (κ1) is 13.8. The second kappa shape index (κ2) is 5.18. The number of nitrogens with two attached hydrogens (primary N) is 1. The second-order valence-electron chi connectivity index (χ2n) is 3.89. The van der Waals surface area contributed by atoms with Gasteiger partial charge in [-0.25, -0.2) is 4.98 Å². The van der Waals surface area contributed by atoms with Crippen LogP contribution in [0.1, 0.15) is 13.8 Å². The molecule has 2 aromatic rings. The Labute approximate surface area is 118 Å². The summed E-state index contributed by atoms with van der Waals surface area (Å²) in [7, 11) is 0. The third-order valence-electron chi connectivity index (χ3n) is 2.87. The molecule has 0 atom stereocenters. The highest BCUT2D eigenvalue weighted by Gasteiger charge is 2.25. The molecule has 0 saturated carbocycles. The molecule has 0 amide bonds. The molecule has 0 aliphatic carbocycles. The van der Waals surface area contributed by atoms with Crippen LogP contribution in [0.3, 0.4) is 0 Å². The van der Waals surface area contributed by atoms with Crippen LogP contribution in [0, 0.1) is 10.1 Å². The number of rotatable bonds is 4. The molecule has 1 heterocycles. The third-order valence-corrected chi connectivity index (χ3v) is 4.05. The molecule has 0 aliphatic rings. The zero-order valence-electron chi connectivity index (χ0n) is 10.5. The van der Waals surface area contributed by atoms with Crippen molar-refractivity contribution in [3.05, 3.63) is 21.2 Å². The number of nitro groups is 1. The number of aromatic nitrogens is 1. The fraction of sp³-hybridized carbons (Fsp3) is 0.364. The molecule has 0 unspecified atom stereocenters. The van der Waals surface area contributed by atoms with E-state index in [0.717, 1.165) is 0 Å². The van der Waals surface area contributed by atoms with Crippen LogP contribution in [-0.4, -0.2) is 23.0 Å². The normalized spacial score (nSPS) is 10.9. The molecule has 1 aromatic heterocycles. The van der Waals surface area contributed by atoms with Crippen LogP contribution < -0.4 is 10.6 Å². The van der Waals surface area contributed by atoms with Crippen LogP contribution in [0.5, 0.6) is 0 Å². The Hall–Kier alpha value is -1.60. The predicted molar refractivity (Wildman–Crippen MR) is 79.3 cm³/mol. The lowest BCUT2D eigenvalue weighted by Crippen LogP contribution is -2.23. The first-order chi connectivity index (χ1) is 8.99. The van der Waals surface area contributed by atoms with Gasteiger partial charge < -0.3 is 10.6 Å². The lowest BCUT2D eigenvalue weighted by molar-refractivity contribution is -0.384. The van der Waals surface area contributed by atoms with Gasteiger partial charge in [-0.3, -0.25) is 10.1 Å².